The number of hydrogen-bond acceptors (Lipinski definition) is 7. The van der Waals surface area contributed by atoms with E-state index in [2.05, 4.69) is 61.4 Å². The number of nitrogens with zero attached hydrogens (tertiary/aromatic N) is 5. The second-order valence-electron chi connectivity index (χ2n) is 10.4. The van der Waals surface area contributed by atoms with Crippen molar-refractivity contribution in [1.82, 2.24) is 30.0 Å². The number of H-pyrrole nitrogens is 1. The Morgan fingerprint density at radius 2 is 1.65 bits per heavy atom. The Labute approximate surface area is 250 Å². The van der Waals surface area contributed by atoms with Gasteiger partial charge in [0.25, 0.3) is 11.4 Å². The van der Waals surface area contributed by atoms with Crippen LogP contribution in [0.4, 0.5) is 0 Å². The van der Waals surface area contributed by atoms with Crippen molar-refractivity contribution in [2.75, 3.05) is 13.1 Å². The molecule has 0 saturated carbocycles. The highest BCUT2D eigenvalue weighted by atomic mass is 16.5. The quantitative estimate of drug-likeness (QED) is 0.228. The first-order chi connectivity index (χ1) is 21.2. The topological polar surface area (TPSA) is 101 Å². The smallest absolute Gasteiger partial charge is 0.276 e. The van der Waals surface area contributed by atoms with Crippen molar-refractivity contribution in [2.45, 2.75) is 39.2 Å². The molecule has 0 spiro atoms. The SMILES string of the molecule is CC.O=c1[nH]ccc2nc(-c3ccc(CN4CCC(c5noc(-c6ccccn6)n5)CC4)cc3)c(-c3ccccc3)cc12. The monoisotopic (exact) mass is 570 g/mol. The molecule has 0 bridgehead atoms. The summed E-state index contributed by atoms with van der Waals surface area (Å²) in [7, 11) is 0. The van der Waals surface area contributed by atoms with E-state index >= 15 is 0 Å². The molecule has 0 amide bonds. The Balaban J connectivity index is 0.00000161. The maximum Gasteiger partial charge on any atom is 0.276 e. The summed E-state index contributed by atoms with van der Waals surface area (Å²) in [5.41, 5.74) is 6.37. The minimum atomic E-state index is -0.133. The van der Waals surface area contributed by atoms with Crippen LogP contribution in [0, 0.1) is 0 Å². The van der Waals surface area contributed by atoms with Crippen LogP contribution in [0.3, 0.4) is 0 Å². The maximum atomic E-state index is 12.5. The van der Waals surface area contributed by atoms with Crippen LogP contribution < -0.4 is 5.56 Å². The van der Waals surface area contributed by atoms with E-state index in [4.69, 9.17) is 9.51 Å². The van der Waals surface area contributed by atoms with Gasteiger partial charge in [0.2, 0.25) is 0 Å². The van der Waals surface area contributed by atoms with Gasteiger partial charge >= 0.3 is 0 Å². The molecule has 0 unspecified atom stereocenters. The molecule has 5 heterocycles. The minimum Gasteiger partial charge on any atom is -0.332 e. The second kappa shape index (κ2) is 12.9. The average Bonchev–Trinajstić information content (AvgIpc) is 3.58. The molecule has 1 aliphatic heterocycles. The number of aromatic nitrogens is 5. The van der Waals surface area contributed by atoms with Crippen molar-refractivity contribution in [3.63, 3.8) is 0 Å². The Hall–Kier alpha value is -4.95. The fourth-order valence-corrected chi connectivity index (χ4v) is 5.54. The fourth-order valence-electron chi connectivity index (χ4n) is 5.54. The Morgan fingerprint density at radius 3 is 2.40 bits per heavy atom. The number of hydrogen-bond donors (Lipinski definition) is 1. The van der Waals surface area contributed by atoms with Gasteiger partial charge < -0.3 is 9.51 Å². The highest BCUT2D eigenvalue weighted by Crippen LogP contribution is 2.33. The lowest BCUT2D eigenvalue weighted by Gasteiger charge is -2.30. The standard InChI is InChI=1S/C33H28N6O2.C2H6/c40-32-27-20-26(23-6-2-1-3-7-23)30(36-28(27)13-17-35-32)24-11-9-22(10-12-24)21-39-18-14-25(15-19-39)31-37-33(41-38-31)29-8-4-5-16-34-29;1-2/h1-13,16-17,20,25H,14-15,18-19,21H2,(H,35,40);1-2H3. The number of piperidine rings is 1. The third-order valence-electron chi connectivity index (χ3n) is 7.75. The van der Waals surface area contributed by atoms with Gasteiger partial charge in [0.15, 0.2) is 5.82 Å². The number of rotatable bonds is 6. The zero-order valence-corrected chi connectivity index (χ0v) is 24.4. The van der Waals surface area contributed by atoms with Crippen LogP contribution in [0.15, 0.2) is 107 Å². The van der Waals surface area contributed by atoms with Crippen LogP contribution in [0.25, 0.3) is 44.9 Å². The normalized spacial score (nSPS) is 13.9. The molecule has 1 N–H and O–H groups in total. The van der Waals surface area contributed by atoms with Gasteiger partial charge in [-0.05, 0) is 61.3 Å². The molecule has 216 valence electrons. The lowest BCUT2D eigenvalue weighted by atomic mass is 9.95. The van der Waals surface area contributed by atoms with Gasteiger partial charge in [-0.2, -0.15) is 4.98 Å². The summed E-state index contributed by atoms with van der Waals surface area (Å²) < 4.78 is 5.48. The molecule has 8 nitrogen and oxygen atoms in total. The molecule has 1 saturated heterocycles. The molecule has 0 aliphatic carbocycles. The van der Waals surface area contributed by atoms with Crippen molar-refractivity contribution >= 4 is 10.9 Å². The van der Waals surface area contributed by atoms with Gasteiger partial charge in [-0.3, -0.25) is 14.7 Å². The number of nitrogens with one attached hydrogen (secondary N) is 1. The second-order valence-corrected chi connectivity index (χ2v) is 10.4. The molecule has 7 rings (SSSR count). The zero-order valence-electron chi connectivity index (χ0n) is 24.4. The predicted octanol–water partition coefficient (Wildman–Crippen LogP) is 7.11. The van der Waals surface area contributed by atoms with Gasteiger partial charge in [0, 0.05) is 36.0 Å². The van der Waals surface area contributed by atoms with E-state index in [9.17, 15) is 4.79 Å². The van der Waals surface area contributed by atoms with Crippen LogP contribution in [0.1, 0.15) is 44.0 Å². The van der Waals surface area contributed by atoms with Crippen molar-refractivity contribution in [3.8, 4) is 34.0 Å². The lowest BCUT2D eigenvalue weighted by Crippen LogP contribution is -2.32. The molecule has 0 atom stereocenters. The summed E-state index contributed by atoms with van der Waals surface area (Å²) in [6.07, 6.45) is 5.35. The van der Waals surface area contributed by atoms with E-state index in [1.165, 1.54) is 5.56 Å². The molecule has 1 aliphatic rings. The summed E-state index contributed by atoms with van der Waals surface area (Å²) in [4.78, 5) is 31.6. The molecule has 2 aromatic carbocycles. The van der Waals surface area contributed by atoms with E-state index in [0.717, 1.165) is 60.7 Å². The number of fused-ring (bicyclic) bond motifs is 1. The van der Waals surface area contributed by atoms with Crippen LogP contribution >= 0.6 is 0 Å². The van der Waals surface area contributed by atoms with E-state index in [-0.39, 0.29) is 11.5 Å². The Bertz CT molecular complexity index is 1840. The van der Waals surface area contributed by atoms with E-state index in [1.807, 2.05) is 62.4 Å². The fraction of sp³-hybridized carbons (Fsp3) is 0.229. The van der Waals surface area contributed by atoms with Crippen LogP contribution in [0.2, 0.25) is 0 Å². The molecule has 8 heteroatoms. The average molecular weight is 571 g/mol. The van der Waals surface area contributed by atoms with Gasteiger partial charge in [-0.15, -0.1) is 0 Å². The van der Waals surface area contributed by atoms with Gasteiger partial charge in [0.1, 0.15) is 5.69 Å². The van der Waals surface area contributed by atoms with Crippen molar-refractivity contribution in [1.29, 1.82) is 0 Å². The van der Waals surface area contributed by atoms with E-state index < -0.39 is 0 Å². The minimum absolute atomic E-state index is 0.133. The molecular formula is C35H34N6O2. The molecule has 1 fully saturated rings. The van der Waals surface area contributed by atoms with Gasteiger partial charge in [0.05, 0.1) is 16.6 Å². The molecule has 6 aromatic rings. The number of aromatic amines is 1. The largest absolute Gasteiger partial charge is 0.332 e. The molecular weight excluding hydrogens is 536 g/mol. The summed E-state index contributed by atoms with van der Waals surface area (Å²) in [5, 5.41) is 4.83. The highest BCUT2D eigenvalue weighted by molar-refractivity contribution is 5.91. The molecule has 43 heavy (non-hydrogen) atoms. The van der Waals surface area contributed by atoms with Gasteiger partial charge in [-0.1, -0.05) is 79.7 Å². The summed E-state index contributed by atoms with van der Waals surface area (Å²) >= 11 is 0. The first-order valence-electron chi connectivity index (χ1n) is 14.9. The lowest BCUT2D eigenvalue weighted by molar-refractivity contribution is 0.200. The number of benzene rings is 2. The van der Waals surface area contributed by atoms with E-state index in [1.54, 1.807) is 12.4 Å². The third kappa shape index (κ3) is 6.15. The van der Waals surface area contributed by atoms with Gasteiger partial charge in [-0.25, -0.2) is 4.98 Å². The zero-order chi connectivity index (χ0) is 29.6. The highest BCUT2D eigenvalue weighted by Gasteiger charge is 2.25. The van der Waals surface area contributed by atoms with Crippen molar-refractivity contribution < 1.29 is 4.52 Å². The van der Waals surface area contributed by atoms with Crippen LogP contribution in [-0.4, -0.2) is 43.1 Å². The number of likely N-dealkylation sites (tertiary alicyclic amines) is 1. The Kier molecular flexibility index (Phi) is 8.47. The van der Waals surface area contributed by atoms with Crippen molar-refractivity contribution in [2.24, 2.45) is 0 Å². The Morgan fingerprint density at radius 1 is 0.884 bits per heavy atom. The third-order valence-corrected chi connectivity index (χ3v) is 7.75. The van der Waals surface area contributed by atoms with E-state index in [0.29, 0.717) is 22.5 Å². The summed E-state index contributed by atoms with van der Waals surface area (Å²) in [5.74, 6) is 1.54. The van der Waals surface area contributed by atoms with Crippen LogP contribution in [-0.2, 0) is 6.54 Å². The van der Waals surface area contributed by atoms with Crippen molar-refractivity contribution in [3.05, 3.63) is 119 Å². The predicted molar refractivity (Wildman–Crippen MR) is 169 cm³/mol. The molecule has 4 aromatic heterocycles. The number of pyridine rings is 3. The van der Waals surface area contributed by atoms with Crippen LogP contribution in [0.5, 0.6) is 0 Å². The molecule has 0 radical (unpaired) electrons. The first-order valence-corrected chi connectivity index (χ1v) is 14.9. The first kappa shape index (κ1) is 28.2. The summed E-state index contributed by atoms with van der Waals surface area (Å²) in [6.45, 7) is 6.82. The summed E-state index contributed by atoms with van der Waals surface area (Å²) in [6, 6.07) is 28.2. The maximum absolute atomic E-state index is 12.5.